The van der Waals surface area contributed by atoms with Crippen LogP contribution in [0, 0.1) is 5.92 Å². The van der Waals surface area contributed by atoms with Gasteiger partial charge in [0.2, 0.25) is 15.9 Å². The van der Waals surface area contributed by atoms with Crippen LogP contribution in [0.3, 0.4) is 0 Å². The van der Waals surface area contributed by atoms with Crippen molar-refractivity contribution in [2.45, 2.75) is 37.2 Å². The van der Waals surface area contributed by atoms with Gasteiger partial charge in [-0.25, -0.2) is 16.8 Å². The summed E-state index contributed by atoms with van der Waals surface area (Å²) in [5.41, 5.74) is 0. The molecule has 1 saturated heterocycles. The third-order valence-corrected chi connectivity index (χ3v) is 7.69. The van der Waals surface area contributed by atoms with Crippen LogP contribution < -0.4 is 10.0 Å². The highest BCUT2D eigenvalue weighted by Gasteiger charge is 2.33. The molecule has 1 aliphatic heterocycles. The van der Waals surface area contributed by atoms with Gasteiger partial charge < -0.3 is 5.32 Å². The highest BCUT2D eigenvalue weighted by molar-refractivity contribution is 9.10. The minimum atomic E-state index is -3.87. The number of amides is 1. The fourth-order valence-electron chi connectivity index (χ4n) is 2.54. The molecule has 1 heterocycles. The van der Waals surface area contributed by atoms with E-state index >= 15 is 0 Å². The molecule has 0 bridgehead atoms. The average Bonchev–Trinajstić information content (AvgIpc) is 2.83. The van der Waals surface area contributed by atoms with Crippen LogP contribution in [0.5, 0.6) is 0 Å². The molecule has 1 amide bonds. The van der Waals surface area contributed by atoms with Crippen LogP contribution in [-0.4, -0.2) is 46.3 Å². The maximum Gasteiger partial charge on any atom is 0.241 e. The lowest BCUT2D eigenvalue weighted by molar-refractivity contribution is -0.124. The number of nitrogens with one attached hydrogen (secondary N) is 2. The van der Waals surface area contributed by atoms with Gasteiger partial charge >= 0.3 is 0 Å². The summed E-state index contributed by atoms with van der Waals surface area (Å²) in [7, 11) is -7.00. The molecule has 0 saturated carbocycles. The number of rotatable bonds is 6. The van der Waals surface area contributed by atoms with Gasteiger partial charge in [0.15, 0.2) is 9.84 Å². The van der Waals surface area contributed by atoms with Crippen LogP contribution in [0.1, 0.15) is 20.3 Å². The van der Waals surface area contributed by atoms with Gasteiger partial charge in [-0.1, -0.05) is 29.8 Å². The van der Waals surface area contributed by atoms with Gasteiger partial charge in [0.25, 0.3) is 0 Å². The molecule has 2 rings (SSSR count). The molecule has 1 aliphatic rings. The van der Waals surface area contributed by atoms with E-state index in [-0.39, 0.29) is 22.3 Å². The Kier molecular flexibility index (Phi) is 6.29. The van der Waals surface area contributed by atoms with E-state index in [1.807, 2.05) is 0 Å². The van der Waals surface area contributed by atoms with Crippen LogP contribution in [0.15, 0.2) is 33.6 Å². The summed E-state index contributed by atoms with van der Waals surface area (Å²) < 4.78 is 51.2. The fourth-order valence-corrected chi connectivity index (χ4v) is 5.82. The Labute approximate surface area is 156 Å². The molecule has 0 radical (unpaired) electrons. The van der Waals surface area contributed by atoms with Crippen LogP contribution >= 0.6 is 15.9 Å². The predicted octanol–water partition coefficient (Wildman–Crippen LogP) is 1.06. The summed E-state index contributed by atoms with van der Waals surface area (Å²) in [6.45, 7) is 3.44. The molecular formula is C15H21BrN2O5S2. The number of carbonyl (C=O) groups excluding carboxylic acids is 1. The zero-order valence-electron chi connectivity index (χ0n) is 13.9. The summed E-state index contributed by atoms with van der Waals surface area (Å²) in [5.74, 6) is -0.890. The van der Waals surface area contributed by atoms with Crippen molar-refractivity contribution in [2.24, 2.45) is 5.92 Å². The van der Waals surface area contributed by atoms with Gasteiger partial charge in [-0.3, -0.25) is 4.79 Å². The molecule has 10 heteroatoms. The van der Waals surface area contributed by atoms with E-state index in [0.29, 0.717) is 6.42 Å². The Balaban J connectivity index is 2.12. The summed E-state index contributed by atoms with van der Waals surface area (Å²) in [6, 6.07) is 4.61. The van der Waals surface area contributed by atoms with Crippen molar-refractivity contribution in [1.29, 1.82) is 0 Å². The number of halogens is 1. The van der Waals surface area contributed by atoms with E-state index in [1.54, 1.807) is 26.0 Å². The summed E-state index contributed by atoms with van der Waals surface area (Å²) in [6.07, 6.45) is 0.346. The van der Waals surface area contributed by atoms with Crippen LogP contribution in [0.4, 0.5) is 0 Å². The first-order chi connectivity index (χ1) is 11.5. The molecule has 1 unspecified atom stereocenters. The number of hydrogen-bond donors (Lipinski definition) is 2. The number of benzene rings is 1. The number of sulfonamides is 1. The molecule has 1 aromatic carbocycles. The van der Waals surface area contributed by atoms with E-state index in [9.17, 15) is 21.6 Å². The molecule has 2 atom stereocenters. The quantitative estimate of drug-likeness (QED) is 0.670. The molecule has 25 heavy (non-hydrogen) atoms. The molecule has 2 N–H and O–H groups in total. The van der Waals surface area contributed by atoms with Crippen LogP contribution in [0.2, 0.25) is 0 Å². The Bertz CT molecular complexity index is 835. The summed E-state index contributed by atoms with van der Waals surface area (Å²) >= 11 is 3.24. The molecule has 1 aromatic rings. The number of carbonyl (C=O) groups is 1. The van der Waals surface area contributed by atoms with E-state index in [0.717, 1.165) is 4.47 Å². The first-order valence-electron chi connectivity index (χ1n) is 7.79. The predicted molar refractivity (Wildman–Crippen MR) is 98.3 cm³/mol. The Morgan fingerprint density at radius 3 is 2.32 bits per heavy atom. The maximum atomic E-state index is 12.5. The minimum absolute atomic E-state index is 0.0366. The average molecular weight is 453 g/mol. The molecule has 0 aliphatic carbocycles. The lowest BCUT2D eigenvalue weighted by Crippen LogP contribution is -2.52. The van der Waals surface area contributed by atoms with Gasteiger partial charge in [0.05, 0.1) is 16.4 Å². The largest absolute Gasteiger partial charge is 0.351 e. The number of sulfone groups is 1. The van der Waals surface area contributed by atoms with Crippen LogP contribution in [-0.2, 0) is 24.7 Å². The fraction of sp³-hybridized carbons (Fsp3) is 0.533. The normalized spacial score (nSPS) is 21.2. The first kappa shape index (κ1) is 20.3. The molecule has 0 aromatic heterocycles. The standard InChI is InChI=1S/C15H21BrN2O5S2/c1-10(2)14(15(19)17-12-7-8-24(20,21)9-12)18-25(22,23)13-5-3-11(16)4-6-13/h3-6,10,12,14,18H,7-9H2,1-2H3,(H,17,19)/t12?,14-/m0/s1. The zero-order chi connectivity index (χ0) is 18.8. The van der Waals surface area contributed by atoms with E-state index in [4.69, 9.17) is 0 Å². The second-order valence-electron chi connectivity index (χ2n) is 6.41. The SMILES string of the molecule is CC(C)[C@H](NS(=O)(=O)c1ccc(Br)cc1)C(=O)NC1CCS(=O)(=O)C1. The van der Waals surface area contributed by atoms with Crippen molar-refractivity contribution in [2.75, 3.05) is 11.5 Å². The van der Waals surface area contributed by atoms with Crippen LogP contribution in [0.25, 0.3) is 0 Å². The van der Waals surface area contributed by atoms with E-state index < -0.39 is 37.9 Å². The van der Waals surface area contributed by atoms with Gasteiger partial charge in [-0.2, -0.15) is 4.72 Å². The Morgan fingerprint density at radius 1 is 1.24 bits per heavy atom. The summed E-state index contributed by atoms with van der Waals surface area (Å²) in [4.78, 5) is 12.5. The van der Waals surface area contributed by atoms with Crippen molar-refractivity contribution >= 4 is 41.7 Å². The lowest BCUT2D eigenvalue weighted by Gasteiger charge is -2.23. The maximum absolute atomic E-state index is 12.5. The third kappa shape index (κ3) is 5.50. The van der Waals surface area contributed by atoms with Crippen molar-refractivity contribution in [3.05, 3.63) is 28.7 Å². The van der Waals surface area contributed by atoms with E-state index in [1.165, 1.54) is 12.1 Å². The second-order valence-corrected chi connectivity index (χ2v) is 11.3. The Hall–Kier alpha value is -0.970. The van der Waals surface area contributed by atoms with Crippen molar-refractivity contribution in [1.82, 2.24) is 10.0 Å². The van der Waals surface area contributed by atoms with Gasteiger partial charge in [-0.05, 0) is 36.6 Å². The number of hydrogen-bond acceptors (Lipinski definition) is 5. The summed E-state index contributed by atoms with van der Waals surface area (Å²) in [5, 5.41) is 2.65. The zero-order valence-corrected chi connectivity index (χ0v) is 17.1. The smallest absolute Gasteiger partial charge is 0.241 e. The molecule has 7 nitrogen and oxygen atoms in total. The topological polar surface area (TPSA) is 109 Å². The van der Waals surface area contributed by atoms with E-state index in [2.05, 4.69) is 26.0 Å². The monoisotopic (exact) mass is 452 g/mol. The Morgan fingerprint density at radius 2 is 1.84 bits per heavy atom. The molecule has 0 spiro atoms. The molecular weight excluding hydrogens is 432 g/mol. The first-order valence-corrected chi connectivity index (χ1v) is 11.9. The second kappa shape index (κ2) is 7.73. The lowest BCUT2D eigenvalue weighted by atomic mass is 10.0. The van der Waals surface area contributed by atoms with Gasteiger partial charge in [0.1, 0.15) is 6.04 Å². The van der Waals surface area contributed by atoms with Gasteiger partial charge in [0, 0.05) is 10.5 Å². The van der Waals surface area contributed by atoms with Crippen molar-refractivity contribution in [3.63, 3.8) is 0 Å². The highest BCUT2D eigenvalue weighted by Crippen LogP contribution is 2.17. The minimum Gasteiger partial charge on any atom is -0.351 e. The molecule has 140 valence electrons. The third-order valence-electron chi connectivity index (χ3n) is 3.93. The molecule has 1 fully saturated rings. The van der Waals surface area contributed by atoms with Crippen molar-refractivity contribution in [3.8, 4) is 0 Å². The van der Waals surface area contributed by atoms with Crippen molar-refractivity contribution < 1.29 is 21.6 Å². The van der Waals surface area contributed by atoms with Gasteiger partial charge in [-0.15, -0.1) is 0 Å². The highest BCUT2D eigenvalue weighted by atomic mass is 79.9.